The van der Waals surface area contributed by atoms with E-state index in [-0.39, 0.29) is 0 Å². The zero-order valence-electron chi connectivity index (χ0n) is 17.0. The van der Waals surface area contributed by atoms with Crippen molar-refractivity contribution < 1.29 is 0 Å². The van der Waals surface area contributed by atoms with E-state index in [4.69, 9.17) is 23.2 Å². The minimum Gasteiger partial charge on any atom is -0.382 e. The summed E-state index contributed by atoms with van der Waals surface area (Å²) in [5.74, 6) is 0. The number of aryl methyl sites for hydroxylation is 1. The Hall–Kier alpha value is -2.10. The van der Waals surface area contributed by atoms with Crippen molar-refractivity contribution in [3.05, 3.63) is 76.2 Å². The number of hydrogen-bond acceptors (Lipinski definition) is 3. The topological polar surface area (TPSA) is 37.8 Å². The van der Waals surface area contributed by atoms with Crippen LogP contribution < -0.4 is 5.32 Å². The molecule has 0 spiro atoms. The summed E-state index contributed by atoms with van der Waals surface area (Å²) in [6.07, 6.45) is 6.83. The molecule has 0 aliphatic rings. The number of hydrogen-bond donors (Lipinski definition) is 1. The number of rotatable bonds is 9. The Morgan fingerprint density at radius 2 is 1.97 bits per heavy atom. The van der Waals surface area contributed by atoms with Crippen LogP contribution in [0.15, 0.2) is 49.3 Å². The van der Waals surface area contributed by atoms with Gasteiger partial charge in [-0.1, -0.05) is 55.3 Å². The third-order valence-corrected chi connectivity index (χ3v) is 5.90. The summed E-state index contributed by atoms with van der Waals surface area (Å²) in [7, 11) is 0. The molecule has 1 atom stereocenters. The summed E-state index contributed by atoms with van der Waals surface area (Å²) in [5, 5.41) is 6.18. The normalized spacial score (nSPS) is 12.1. The Labute approximate surface area is 183 Å². The van der Waals surface area contributed by atoms with Gasteiger partial charge in [-0.3, -0.25) is 0 Å². The van der Waals surface area contributed by atoms with E-state index < -0.39 is 0 Å². The van der Waals surface area contributed by atoms with Gasteiger partial charge in [0.15, 0.2) is 0 Å². The van der Waals surface area contributed by atoms with E-state index in [9.17, 15) is 0 Å². The maximum Gasteiger partial charge on any atom is 0.116 e. The summed E-state index contributed by atoms with van der Waals surface area (Å²) in [6.45, 7) is 8.51. The standard InChI is InChI=1S/C24H27Cl2N3/c1-4-7-19(29-17(3)20-9-6-10-22(26)16(20)2)8-5-11-23-21-13-12-18(25)14-24(21)28-15-27-23/h6,9-10,12-15,19,29H,3-5,7-8,11H2,1-2H3. The first-order valence-electron chi connectivity index (χ1n) is 10.1. The van der Waals surface area contributed by atoms with E-state index in [0.717, 1.165) is 70.5 Å². The molecular weight excluding hydrogens is 401 g/mol. The van der Waals surface area contributed by atoms with Gasteiger partial charge in [-0.2, -0.15) is 0 Å². The molecule has 0 saturated heterocycles. The van der Waals surface area contributed by atoms with Gasteiger partial charge in [-0.15, -0.1) is 0 Å². The van der Waals surface area contributed by atoms with Gasteiger partial charge in [0.2, 0.25) is 0 Å². The second kappa shape index (κ2) is 10.1. The van der Waals surface area contributed by atoms with Crippen molar-refractivity contribution in [3.63, 3.8) is 0 Å². The number of aromatic nitrogens is 2. The number of nitrogens with zero attached hydrogens (tertiary/aromatic N) is 2. The van der Waals surface area contributed by atoms with Crippen LogP contribution in [0, 0.1) is 6.92 Å². The average molecular weight is 428 g/mol. The minimum atomic E-state index is 0.369. The molecule has 0 fully saturated rings. The molecule has 1 N–H and O–H groups in total. The number of benzene rings is 2. The molecule has 152 valence electrons. The lowest BCUT2D eigenvalue weighted by atomic mass is 10.0. The van der Waals surface area contributed by atoms with Crippen molar-refractivity contribution in [2.75, 3.05) is 0 Å². The van der Waals surface area contributed by atoms with Gasteiger partial charge in [0, 0.05) is 32.7 Å². The predicted molar refractivity (Wildman–Crippen MR) is 125 cm³/mol. The van der Waals surface area contributed by atoms with Crippen LogP contribution in [0.5, 0.6) is 0 Å². The molecule has 0 aliphatic heterocycles. The van der Waals surface area contributed by atoms with Crippen LogP contribution >= 0.6 is 23.2 Å². The molecule has 1 unspecified atom stereocenters. The Morgan fingerprint density at radius 1 is 1.14 bits per heavy atom. The molecule has 3 nitrogen and oxygen atoms in total. The van der Waals surface area contributed by atoms with Crippen molar-refractivity contribution >= 4 is 39.8 Å². The van der Waals surface area contributed by atoms with Crippen LogP contribution in [-0.4, -0.2) is 16.0 Å². The summed E-state index contributed by atoms with van der Waals surface area (Å²) < 4.78 is 0. The third kappa shape index (κ3) is 5.49. The molecule has 5 heteroatoms. The van der Waals surface area contributed by atoms with E-state index in [0.29, 0.717) is 11.1 Å². The van der Waals surface area contributed by atoms with Gasteiger partial charge in [0.1, 0.15) is 6.33 Å². The fraction of sp³-hybridized carbons (Fsp3) is 0.333. The van der Waals surface area contributed by atoms with Crippen LogP contribution in [0.2, 0.25) is 10.0 Å². The van der Waals surface area contributed by atoms with Crippen molar-refractivity contribution in [3.8, 4) is 0 Å². The average Bonchev–Trinajstić information content (AvgIpc) is 2.70. The fourth-order valence-corrected chi connectivity index (χ4v) is 4.04. The number of fused-ring (bicyclic) bond motifs is 1. The lowest BCUT2D eigenvalue weighted by Gasteiger charge is -2.22. The second-order valence-electron chi connectivity index (χ2n) is 7.39. The molecular formula is C24H27Cl2N3. The highest BCUT2D eigenvalue weighted by atomic mass is 35.5. The van der Waals surface area contributed by atoms with Crippen molar-refractivity contribution in [2.45, 2.75) is 52.0 Å². The van der Waals surface area contributed by atoms with Crippen LogP contribution in [0.4, 0.5) is 0 Å². The molecule has 1 heterocycles. The lowest BCUT2D eigenvalue weighted by molar-refractivity contribution is 0.490. The van der Waals surface area contributed by atoms with Crippen LogP contribution in [-0.2, 0) is 6.42 Å². The smallest absolute Gasteiger partial charge is 0.116 e. The van der Waals surface area contributed by atoms with Gasteiger partial charge in [-0.25, -0.2) is 9.97 Å². The van der Waals surface area contributed by atoms with Crippen molar-refractivity contribution in [1.29, 1.82) is 0 Å². The van der Waals surface area contributed by atoms with Crippen molar-refractivity contribution in [1.82, 2.24) is 15.3 Å². The molecule has 0 amide bonds. The summed E-state index contributed by atoms with van der Waals surface area (Å²) >= 11 is 12.4. The monoisotopic (exact) mass is 427 g/mol. The van der Waals surface area contributed by atoms with Crippen LogP contribution in [0.3, 0.4) is 0 Å². The molecule has 0 aliphatic carbocycles. The van der Waals surface area contributed by atoms with Gasteiger partial charge in [0.05, 0.1) is 11.2 Å². The van der Waals surface area contributed by atoms with Gasteiger partial charge in [-0.05, 0) is 62.4 Å². The Balaban J connectivity index is 1.64. The summed E-state index contributed by atoms with van der Waals surface area (Å²) in [6, 6.07) is 12.1. The minimum absolute atomic E-state index is 0.369. The number of halogens is 2. The first kappa shape index (κ1) is 21.6. The predicted octanol–water partition coefficient (Wildman–Crippen LogP) is 7.00. The largest absolute Gasteiger partial charge is 0.382 e. The zero-order valence-corrected chi connectivity index (χ0v) is 18.5. The van der Waals surface area contributed by atoms with E-state index in [2.05, 4.69) is 34.9 Å². The van der Waals surface area contributed by atoms with Crippen molar-refractivity contribution in [2.24, 2.45) is 0 Å². The van der Waals surface area contributed by atoms with Crippen LogP contribution in [0.25, 0.3) is 16.6 Å². The molecule has 0 bridgehead atoms. The second-order valence-corrected chi connectivity index (χ2v) is 8.24. The van der Waals surface area contributed by atoms with Gasteiger partial charge < -0.3 is 5.32 Å². The molecule has 2 aromatic carbocycles. The van der Waals surface area contributed by atoms with E-state index in [1.165, 1.54) is 0 Å². The SMILES string of the molecule is C=C(NC(CCC)CCCc1ncnc2cc(Cl)ccc12)c1cccc(Cl)c1C. The summed E-state index contributed by atoms with van der Waals surface area (Å²) in [4.78, 5) is 8.84. The van der Waals surface area contributed by atoms with E-state index in [1.54, 1.807) is 6.33 Å². The highest BCUT2D eigenvalue weighted by Gasteiger charge is 2.13. The fourth-order valence-electron chi connectivity index (χ4n) is 3.70. The molecule has 0 radical (unpaired) electrons. The van der Waals surface area contributed by atoms with Gasteiger partial charge in [0.25, 0.3) is 0 Å². The van der Waals surface area contributed by atoms with Crippen LogP contribution in [0.1, 0.15) is 49.4 Å². The quantitative estimate of drug-likeness (QED) is 0.399. The Bertz CT molecular complexity index is 1000. The van der Waals surface area contributed by atoms with E-state index >= 15 is 0 Å². The Morgan fingerprint density at radius 3 is 2.76 bits per heavy atom. The molecule has 3 aromatic rings. The maximum absolute atomic E-state index is 6.28. The zero-order chi connectivity index (χ0) is 20.8. The molecule has 0 saturated carbocycles. The summed E-state index contributed by atoms with van der Waals surface area (Å²) in [5.41, 5.74) is 5.05. The lowest BCUT2D eigenvalue weighted by Crippen LogP contribution is -2.27. The highest BCUT2D eigenvalue weighted by Crippen LogP contribution is 2.25. The Kier molecular flexibility index (Phi) is 7.51. The number of nitrogens with one attached hydrogen (secondary N) is 1. The first-order chi connectivity index (χ1) is 14.0. The first-order valence-corrected chi connectivity index (χ1v) is 10.8. The molecule has 29 heavy (non-hydrogen) atoms. The molecule has 1 aromatic heterocycles. The van der Waals surface area contributed by atoms with E-state index in [1.807, 2.05) is 37.3 Å². The highest BCUT2D eigenvalue weighted by molar-refractivity contribution is 6.31. The van der Waals surface area contributed by atoms with Gasteiger partial charge >= 0.3 is 0 Å². The third-order valence-electron chi connectivity index (χ3n) is 5.26. The maximum atomic E-state index is 6.28. The molecule has 3 rings (SSSR count).